The second-order valence-electron chi connectivity index (χ2n) is 3.11. The van der Waals surface area contributed by atoms with Gasteiger partial charge in [0.2, 0.25) is 5.91 Å². The van der Waals surface area contributed by atoms with E-state index in [-0.39, 0.29) is 29.8 Å². The lowest BCUT2D eigenvalue weighted by Crippen LogP contribution is -2.28. The van der Waals surface area contributed by atoms with Crippen LogP contribution in [0.2, 0.25) is 0 Å². The normalized spacial score (nSPS) is 21.8. The Hall–Kier alpha value is -0.710. The van der Waals surface area contributed by atoms with Crippen LogP contribution in [0.4, 0.5) is 0 Å². The van der Waals surface area contributed by atoms with Gasteiger partial charge in [-0.25, -0.2) is 0 Å². The number of esters is 1. The van der Waals surface area contributed by atoms with Gasteiger partial charge in [-0.3, -0.25) is 9.59 Å². The van der Waals surface area contributed by atoms with Crippen molar-refractivity contribution in [2.24, 2.45) is 0 Å². The van der Waals surface area contributed by atoms with Gasteiger partial charge in [0, 0.05) is 0 Å². The molecule has 0 bridgehead atoms. The molecular weight excluding hydrogens is 190 g/mol. The molecule has 0 saturated carbocycles. The summed E-state index contributed by atoms with van der Waals surface area (Å²) in [5.41, 5.74) is 0. The van der Waals surface area contributed by atoms with Crippen molar-refractivity contribution in [2.75, 3.05) is 5.75 Å². The molecule has 0 spiro atoms. The molecule has 5 heteroatoms. The van der Waals surface area contributed by atoms with Gasteiger partial charge in [0.15, 0.2) is 0 Å². The summed E-state index contributed by atoms with van der Waals surface area (Å²) >= 11 is 1.44. The van der Waals surface area contributed by atoms with Crippen molar-refractivity contribution >= 4 is 23.6 Å². The molecule has 4 nitrogen and oxygen atoms in total. The molecule has 1 atom stereocenters. The summed E-state index contributed by atoms with van der Waals surface area (Å²) in [4.78, 5) is 21.9. The lowest BCUT2D eigenvalue weighted by Gasteiger charge is -2.10. The zero-order valence-corrected chi connectivity index (χ0v) is 8.52. The van der Waals surface area contributed by atoms with Crippen LogP contribution >= 0.6 is 11.8 Å². The third-order valence-corrected chi connectivity index (χ3v) is 2.57. The predicted molar refractivity (Wildman–Crippen MR) is 50.2 cm³/mol. The van der Waals surface area contributed by atoms with E-state index in [1.54, 1.807) is 13.8 Å². The first-order chi connectivity index (χ1) is 6.08. The van der Waals surface area contributed by atoms with Gasteiger partial charge in [0.1, 0.15) is 0 Å². The molecule has 0 aromatic heterocycles. The second-order valence-corrected chi connectivity index (χ2v) is 4.30. The maximum absolute atomic E-state index is 11.1. The fourth-order valence-electron chi connectivity index (χ4n) is 1.01. The molecule has 0 radical (unpaired) electrons. The minimum Gasteiger partial charge on any atom is -0.463 e. The Kier molecular flexibility index (Phi) is 3.59. The number of carbonyl (C=O) groups is 2. The highest BCUT2D eigenvalue weighted by molar-refractivity contribution is 8.01. The number of hydrogen-bond donors (Lipinski definition) is 1. The van der Waals surface area contributed by atoms with Crippen molar-refractivity contribution in [1.82, 2.24) is 5.32 Å². The molecule has 1 unspecified atom stereocenters. The first-order valence-corrected chi connectivity index (χ1v) is 5.23. The van der Waals surface area contributed by atoms with Gasteiger partial charge in [-0.2, -0.15) is 0 Å². The quantitative estimate of drug-likeness (QED) is 0.679. The van der Waals surface area contributed by atoms with Crippen molar-refractivity contribution < 1.29 is 14.3 Å². The van der Waals surface area contributed by atoms with E-state index in [1.165, 1.54) is 11.8 Å². The van der Waals surface area contributed by atoms with Crippen molar-refractivity contribution in [3.63, 3.8) is 0 Å². The molecule has 1 amide bonds. The van der Waals surface area contributed by atoms with E-state index in [0.717, 1.165) is 0 Å². The van der Waals surface area contributed by atoms with Gasteiger partial charge in [-0.05, 0) is 13.8 Å². The Labute approximate surface area is 81.4 Å². The van der Waals surface area contributed by atoms with Crippen LogP contribution in [0.25, 0.3) is 0 Å². The second kappa shape index (κ2) is 4.50. The molecule has 0 aliphatic carbocycles. The molecule has 1 rings (SSSR count). The number of hydrogen-bond acceptors (Lipinski definition) is 4. The van der Waals surface area contributed by atoms with Gasteiger partial charge >= 0.3 is 5.97 Å². The number of amides is 1. The fourth-order valence-corrected chi connectivity index (χ4v) is 1.92. The lowest BCUT2D eigenvalue weighted by atomic mass is 10.4. The smallest absolute Gasteiger partial charge is 0.309 e. The molecule has 1 fully saturated rings. The Morgan fingerprint density at radius 3 is 2.92 bits per heavy atom. The average Bonchev–Trinajstić information content (AvgIpc) is 2.33. The molecule has 1 aliphatic heterocycles. The van der Waals surface area contributed by atoms with E-state index in [0.29, 0.717) is 5.75 Å². The van der Waals surface area contributed by atoms with Gasteiger partial charge in [0.25, 0.3) is 0 Å². The van der Waals surface area contributed by atoms with E-state index in [4.69, 9.17) is 4.74 Å². The van der Waals surface area contributed by atoms with Crippen molar-refractivity contribution in [1.29, 1.82) is 0 Å². The maximum atomic E-state index is 11.1. The van der Waals surface area contributed by atoms with Crippen LogP contribution in [0.3, 0.4) is 0 Å². The summed E-state index contributed by atoms with van der Waals surface area (Å²) in [6, 6.07) is 0. The molecule has 74 valence electrons. The van der Waals surface area contributed by atoms with Gasteiger partial charge in [-0.1, -0.05) is 0 Å². The predicted octanol–water partition coefficient (Wildman–Crippen LogP) is 0.517. The van der Waals surface area contributed by atoms with Gasteiger partial charge in [0.05, 0.1) is 23.7 Å². The molecule has 1 saturated heterocycles. The number of nitrogens with one attached hydrogen (secondary N) is 1. The summed E-state index contributed by atoms with van der Waals surface area (Å²) in [7, 11) is 0. The maximum Gasteiger partial charge on any atom is 0.309 e. The Balaban J connectivity index is 2.24. The van der Waals surface area contributed by atoms with Crippen LogP contribution in [0.5, 0.6) is 0 Å². The van der Waals surface area contributed by atoms with Crippen LogP contribution in [0.15, 0.2) is 0 Å². The molecule has 0 aromatic carbocycles. The van der Waals surface area contributed by atoms with E-state index >= 15 is 0 Å². The summed E-state index contributed by atoms with van der Waals surface area (Å²) in [5, 5.41) is 2.58. The fraction of sp³-hybridized carbons (Fsp3) is 0.750. The first-order valence-electron chi connectivity index (χ1n) is 4.18. The number of carbonyl (C=O) groups excluding carboxylic acids is 2. The number of ether oxygens (including phenoxy) is 1. The molecule has 13 heavy (non-hydrogen) atoms. The summed E-state index contributed by atoms with van der Waals surface area (Å²) < 4.78 is 4.94. The summed E-state index contributed by atoms with van der Waals surface area (Å²) in [6.45, 7) is 3.61. The minimum absolute atomic E-state index is 0.00709. The van der Waals surface area contributed by atoms with E-state index in [2.05, 4.69) is 5.32 Å². The topological polar surface area (TPSA) is 55.4 Å². The van der Waals surface area contributed by atoms with Crippen LogP contribution in [0, 0.1) is 0 Å². The van der Waals surface area contributed by atoms with Crippen LogP contribution < -0.4 is 5.32 Å². The highest BCUT2D eigenvalue weighted by Gasteiger charge is 2.24. The minimum atomic E-state index is -0.255. The van der Waals surface area contributed by atoms with Crippen molar-refractivity contribution in [3.8, 4) is 0 Å². The summed E-state index contributed by atoms with van der Waals surface area (Å²) in [6.07, 6.45) is 0.170. The molecule has 1 heterocycles. The Bertz CT molecular complexity index is 217. The van der Waals surface area contributed by atoms with Gasteiger partial charge < -0.3 is 10.1 Å². The third kappa shape index (κ3) is 3.67. The first kappa shape index (κ1) is 10.4. The molecule has 0 aromatic rings. The largest absolute Gasteiger partial charge is 0.463 e. The summed E-state index contributed by atoms with van der Waals surface area (Å²) in [5.74, 6) is 0.182. The average molecular weight is 203 g/mol. The highest BCUT2D eigenvalue weighted by atomic mass is 32.2. The van der Waals surface area contributed by atoms with Gasteiger partial charge in [-0.15, -0.1) is 11.8 Å². The van der Waals surface area contributed by atoms with Crippen LogP contribution in [-0.4, -0.2) is 29.1 Å². The third-order valence-electron chi connectivity index (χ3n) is 1.46. The SMILES string of the molecule is CC(C)OC(=O)CC1NC(=O)CS1. The molecule has 1 aliphatic rings. The number of rotatable bonds is 3. The lowest BCUT2D eigenvalue weighted by molar-refractivity contribution is -0.147. The van der Waals surface area contributed by atoms with E-state index < -0.39 is 0 Å². The van der Waals surface area contributed by atoms with E-state index in [1.807, 2.05) is 0 Å². The Morgan fingerprint density at radius 1 is 1.77 bits per heavy atom. The van der Waals surface area contributed by atoms with Crippen molar-refractivity contribution in [2.45, 2.75) is 31.7 Å². The monoisotopic (exact) mass is 203 g/mol. The van der Waals surface area contributed by atoms with Crippen LogP contribution in [-0.2, 0) is 14.3 Å². The zero-order chi connectivity index (χ0) is 9.84. The number of thioether (sulfide) groups is 1. The van der Waals surface area contributed by atoms with Crippen LogP contribution in [0.1, 0.15) is 20.3 Å². The van der Waals surface area contributed by atoms with E-state index in [9.17, 15) is 9.59 Å². The molecule has 1 N–H and O–H groups in total. The standard InChI is InChI=1S/C8H13NO3S/c1-5(2)12-8(11)3-7-9-6(10)4-13-7/h5,7H,3-4H2,1-2H3,(H,9,10). The highest BCUT2D eigenvalue weighted by Crippen LogP contribution is 2.18. The Morgan fingerprint density at radius 2 is 2.46 bits per heavy atom. The molecular formula is C8H13NO3S. The zero-order valence-electron chi connectivity index (χ0n) is 7.70. The van der Waals surface area contributed by atoms with Crippen molar-refractivity contribution in [3.05, 3.63) is 0 Å².